The number of carbonyl (C=O) groups is 1. The maximum Gasteiger partial charge on any atom is 0.272 e. The van der Waals surface area contributed by atoms with Crippen molar-refractivity contribution in [3.63, 3.8) is 0 Å². The monoisotopic (exact) mass is 349 g/mol. The van der Waals surface area contributed by atoms with Gasteiger partial charge in [-0.15, -0.1) is 0 Å². The molecule has 1 amide bonds. The lowest BCUT2D eigenvalue weighted by atomic mass is 10.2. The number of aromatic nitrogens is 3. The Hall–Kier alpha value is -2.73. The lowest BCUT2D eigenvalue weighted by Gasteiger charge is -2.17. The van der Waals surface area contributed by atoms with Crippen molar-refractivity contribution < 1.29 is 4.79 Å². The van der Waals surface area contributed by atoms with Crippen LogP contribution in [0.2, 0.25) is 0 Å². The fourth-order valence-corrected chi connectivity index (χ4v) is 3.65. The molecule has 0 bridgehead atoms. The third-order valence-electron chi connectivity index (χ3n) is 5.03. The van der Waals surface area contributed by atoms with Crippen LogP contribution in [0.15, 0.2) is 48.9 Å². The molecule has 1 fully saturated rings. The standard InChI is InChI=1S/C20H23N5O/c1-24-12-5-8-17(24)19-23-18(16-7-2-3-13-25(16)19)20(26)22-11-9-15-6-4-10-21-14-15/h2-4,6-7,10,13-14,17H,5,8-9,11-12H2,1H3,(H,22,26)/t17-/m1/s1. The molecule has 0 aromatic carbocycles. The molecule has 4 heterocycles. The number of imidazole rings is 1. The van der Waals surface area contributed by atoms with E-state index in [0.717, 1.165) is 42.7 Å². The number of nitrogens with zero attached hydrogens (tertiary/aromatic N) is 4. The van der Waals surface area contributed by atoms with Crippen LogP contribution < -0.4 is 5.32 Å². The molecule has 0 aliphatic carbocycles. The first-order valence-corrected chi connectivity index (χ1v) is 9.08. The molecule has 1 N–H and O–H groups in total. The lowest BCUT2D eigenvalue weighted by molar-refractivity contribution is 0.0951. The molecular weight excluding hydrogens is 326 g/mol. The fourth-order valence-electron chi connectivity index (χ4n) is 3.65. The van der Waals surface area contributed by atoms with Gasteiger partial charge in [0.1, 0.15) is 5.82 Å². The van der Waals surface area contributed by atoms with Gasteiger partial charge in [-0.1, -0.05) is 12.1 Å². The third kappa shape index (κ3) is 3.20. The average molecular weight is 349 g/mol. The highest BCUT2D eigenvalue weighted by molar-refractivity contribution is 5.99. The molecule has 0 spiro atoms. The average Bonchev–Trinajstić information content (AvgIpc) is 3.26. The molecule has 0 radical (unpaired) electrons. The SMILES string of the molecule is CN1CCC[C@@H]1c1nc(C(=O)NCCc2cccnc2)c2ccccn12. The summed E-state index contributed by atoms with van der Waals surface area (Å²) in [6.07, 6.45) is 8.56. The van der Waals surface area contributed by atoms with Crippen LogP contribution in [0.5, 0.6) is 0 Å². The summed E-state index contributed by atoms with van der Waals surface area (Å²) in [5, 5.41) is 3.00. The minimum atomic E-state index is -0.121. The Morgan fingerprint density at radius 3 is 3.00 bits per heavy atom. The van der Waals surface area contributed by atoms with E-state index in [4.69, 9.17) is 4.98 Å². The van der Waals surface area contributed by atoms with Gasteiger partial charge < -0.3 is 9.72 Å². The van der Waals surface area contributed by atoms with Crippen LogP contribution in [-0.2, 0) is 6.42 Å². The number of rotatable bonds is 5. The van der Waals surface area contributed by atoms with Crippen LogP contribution in [0, 0.1) is 0 Å². The Morgan fingerprint density at radius 2 is 2.23 bits per heavy atom. The van der Waals surface area contributed by atoms with Gasteiger partial charge >= 0.3 is 0 Å². The van der Waals surface area contributed by atoms with Crippen LogP contribution in [0.4, 0.5) is 0 Å². The second kappa shape index (κ2) is 7.25. The highest BCUT2D eigenvalue weighted by Gasteiger charge is 2.28. The van der Waals surface area contributed by atoms with Crippen molar-refractivity contribution in [1.82, 2.24) is 24.6 Å². The van der Waals surface area contributed by atoms with E-state index < -0.39 is 0 Å². The summed E-state index contributed by atoms with van der Waals surface area (Å²) in [7, 11) is 2.12. The third-order valence-corrected chi connectivity index (χ3v) is 5.03. The first kappa shape index (κ1) is 16.7. The second-order valence-electron chi connectivity index (χ2n) is 6.78. The van der Waals surface area contributed by atoms with Crippen LogP contribution in [0.25, 0.3) is 5.52 Å². The van der Waals surface area contributed by atoms with Crippen molar-refractivity contribution in [2.45, 2.75) is 25.3 Å². The number of fused-ring (bicyclic) bond motifs is 1. The van der Waals surface area contributed by atoms with E-state index >= 15 is 0 Å². The van der Waals surface area contributed by atoms with Gasteiger partial charge in [0.25, 0.3) is 5.91 Å². The fraction of sp³-hybridized carbons (Fsp3) is 0.350. The minimum absolute atomic E-state index is 0.121. The van der Waals surface area contributed by atoms with E-state index in [-0.39, 0.29) is 11.9 Å². The summed E-state index contributed by atoms with van der Waals surface area (Å²) in [5.74, 6) is 0.836. The van der Waals surface area contributed by atoms with E-state index in [0.29, 0.717) is 12.2 Å². The molecule has 3 aromatic heterocycles. The molecule has 0 saturated carbocycles. The molecule has 6 heteroatoms. The zero-order valence-electron chi connectivity index (χ0n) is 14.9. The van der Waals surface area contributed by atoms with E-state index in [1.54, 1.807) is 6.20 Å². The topological polar surface area (TPSA) is 62.5 Å². The van der Waals surface area contributed by atoms with Crippen molar-refractivity contribution in [2.75, 3.05) is 20.1 Å². The van der Waals surface area contributed by atoms with E-state index in [2.05, 4.69) is 26.6 Å². The first-order valence-electron chi connectivity index (χ1n) is 9.08. The smallest absolute Gasteiger partial charge is 0.272 e. The van der Waals surface area contributed by atoms with Crippen LogP contribution in [0.3, 0.4) is 0 Å². The van der Waals surface area contributed by atoms with Gasteiger partial charge in [-0.2, -0.15) is 0 Å². The quantitative estimate of drug-likeness (QED) is 0.769. The van der Waals surface area contributed by atoms with Crippen molar-refractivity contribution in [1.29, 1.82) is 0 Å². The Morgan fingerprint density at radius 1 is 1.31 bits per heavy atom. The molecule has 1 saturated heterocycles. The predicted molar refractivity (Wildman–Crippen MR) is 100 cm³/mol. The van der Waals surface area contributed by atoms with Gasteiger partial charge in [-0.3, -0.25) is 14.7 Å². The van der Waals surface area contributed by atoms with Crippen LogP contribution in [0.1, 0.15) is 40.8 Å². The number of pyridine rings is 2. The summed E-state index contributed by atoms with van der Waals surface area (Å²) >= 11 is 0. The molecule has 26 heavy (non-hydrogen) atoms. The van der Waals surface area contributed by atoms with Crippen LogP contribution >= 0.6 is 0 Å². The Balaban J connectivity index is 1.55. The molecule has 4 rings (SSSR count). The summed E-state index contributed by atoms with van der Waals surface area (Å²) < 4.78 is 2.06. The Kier molecular flexibility index (Phi) is 4.67. The number of likely N-dealkylation sites (tertiary alicyclic amines) is 1. The number of nitrogens with one attached hydrogen (secondary N) is 1. The molecular formula is C20H23N5O. The molecule has 1 aliphatic rings. The molecule has 134 valence electrons. The Labute approximate surface area is 152 Å². The zero-order valence-corrected chi connectivity index (χ0v) is 14.9. The highest BCUT2D eigenvalue weighted by atomic mass is 16.1. The second-order valence-corrected chi connectivity index (χ2v) is 6.78. The van der Waals surface area contributed by atoms with E-state index in [1.165, 1.54) is 0 Å². The zero-order chi connectivity index (χ0) is 17.9. The van der Waals surface area contributed by atoms with E-state index in [9.17, 15) is 4.79 Å². The number of hydrogen-bond acceptors (Lipinski definition) is 4. The largest absolute Gasteiger partial charge is 0.350 e. The minimum Gasteiger partial charge on any atom is -0.350 e. The maximum atomic E-state index is 12.7. The van der Waals surface area contributed by atoms with Crippen molar-refractivity contribution >= 4 is 11.4 Å². The summed E-state index contributed by atoms with van der Waals surface area (Å²) in [5.41, 5.74) is 2.48. The summed E-state index contributed by atoms with van der Waals surface area (Å²) in [6, 6.07) is 10.1. The van der Waals surface area contributed by atoms with Gasteiger partial charge in [0, 0.05) is 25.1 Å². The molecule has 1 aliphatic heterocycles. The van der Waals surface area contributed by atoms with Gasteiger partial charge in [-0.25, -0.2) is 4.98 Å². The van der Waals surface area contributed by atoms with Crippen molar-refractivity contribution in [3.8, 4) is 0 Å². The number of amides is 1. The van der Waals surface area contributed by atoms with Gasteiger partial charge in [0.05, 0.1) is 11.6 Å². The normalized spacial score (nSPS) is 17.7. The highest BCUT2D eigenvalue weighted by Crippen LogP contribution is 2.31. The lowest BCUT2D eigenvalue weighted by Crippen LogP contribution is -2.26. The van der Waals surface area contributed by atoms with Crippen molar-refractivity contribution in [2.24, 2.45) is 0 Å². The molecule has 1 atom stereocenters. The number of hydrogen-bond donors (Lipinski definition) is 1. The van der Waals surface area contributed by atoms with Gasteiger partial charge in [0.2, 0.25) is 0 Å². The maximum absolute atomic E-state index is 12.7. The Bertz CT molecular complexity index is 905. The molecule has 6 nitrogen and oxygen atoms in total. The van der Waals surface area contributed by atoms with Crippen molar-refractivity contribution in [3.05, 3.63) is 66.0 Å². The van der Waals surface area contributed by atoms with Gasteiger partial charge in [-0.05, 0) is 56.6 Å². The first-order chi connectivity index (χ1) is 12.7. The predicted octanol–water partition coefficient (Wildman–Crippen LogP) is 2.47. The summed E-state index contributed by atoms with van der Waals surface area (Å²) in [4.78, 5) is 23.9. The van der Waals surface area contributed by atoms with E-state index in [1.807, 2.05) is 42.7 Å². The molecule has 3 aromatic rings. The van der Waals surface area contributed by atoms with Crippen LogP contribution in [-0.4, -0.2) is 45.3 Å². The number of carbonyl (C=O) groups excluding carboxylic acids is 1. The summed E-state index contributed by atoms with van der Waals surface area (Å²) in [6.45, 7) is 1.63. The van der Waals surface area contributed by atoms with Gasteiger partial charge in [0.15, 0.2) is 5.69 Å². The molecule has 0 unspecified atom stereocenters.